The Morgan fingerprint density at radius 2 is 1.73 bits per heavy atom. The van der Waals surface area contributed by atoms with E-state index >= 15 is 0 Å². The van der Waals surface area contributed by atoms with Gasteiger partial charge < -0.3 is 15.1 Å². The van der Waals surface area contributed by atoms with Crippen LogP contribution in [0.15, 0.2) is 60.7 Å². The van der Waals surface area contributed by atoms with Gasteiger partial charge in [0.25, 0.3) is 0 Å². The number of carbonyl (C=O) groups excluding carboxylic acids is 3. The van der Waals surface area contributed by atoms with E-state index in [-0.39, 0.29) is 37.5 Å². The zero-order valence-corrected chi connectivity index (χ0v) is 23.7. The number of hydrazine groups is 1. The summed E-state index contributed by atoms with van der Waals surface area (Å²) in [6.45, 7) is 5.57. The van der Waals surface area contributed by atoms with Crippen LogP contribution < -0.4 is 5.32 Å². The highest BCUT2D eigenvalue weighted by Crippen LogP contribution is 2.29. The van der Waals surface area contributed by atoms with E-state index in [1.54, 1.807) is 14.9 Å². The monoisotopic (exact) mass is 543 g/mol. The predicted molar refractivity (Wildman–Crippen MR) is 155 cm³/mol. The van der Waals surface area contributed by atoms with Crippen LogP contribution in [0, 0.1) is 18.3 Å². The Labute approximate surface area is 238 Å². The molecule has 212 valence electrons. The van der Waals surface area contributed by atoms with Crippen LogP contribution in [0.4, 0.5) is 4.79 Å². The van der Waals surface area contributed by atoms with Gasteiger partial charge in [-0.2, -0.15) is 5.01 Å². The van der Waals surface area contributed by atoms with Crippen LogP contribution in [0.2, 0.25) is 0 Å². The van der Waals surface area contributed by atoms with Crippen LogP contribution >= 0.6 is 0 Å². The van der Waals surface area contributed by atoms with Crippen LogP contribution in [0.25, 0.3) is 0 Å². The fourth-order valence-electron chi connectivity index (χ4n) is 5.72. The molecular formula is C32H41N5O3. The third-order valence-electron chi connectivity index (χ3n) is 7.89. The molecular weight excluding hydrogens is 502 g/mol. The number of benzene rings is 2. The fourth-order valence-corrected chi connectivity index (χ4v) is 5.72. The molecule has 0 bridgehead atoms. The molecule has 8 heteroatoms. The van der Waals surface area contributed by atoms with Gasteiger partial charge in [0.15, 0.2) is 0 Å². The first-order valence-electron chi connectivity index (χ1n) is 14.4. The lowest BCUT2D eigenvalue weighted by atomic mass is 9.95. The number of nitrogens with one attached hydrogen (secondary N) is 1. The highest BCUT2D eigenvalue weighted by Gasteiger charge is 2.51. The minimum atomic E-state index is -0.699. The lowest BCUT2D eigenvalue weighted by molar-refractivity contribution is -0.189. The Morgan fingerprint density at radius 3 is 2.35 bits per heavy atom. The number of unbranched alkanes of at least 4 members (excludes halogenated alkanes) is 1. The summed E-state index contributed by atoms with van der Waals surface area (Å²) in [5.74, 6) is 2.70. The Bertz CT molecular complexity index is 1180. The maximum atomic E-state index is 14.0. The van der Waals surface area contributed by atoms with Crippen molar-refractivity contribution in [3.8, 4) is 12.3 Å². The van der Waals surface area contributed by atoms with Gasteiger partial charge in [-0.1, -0.05) is 99.7 Å². The van der Waals surface area contributed by atoms with Crippen molar-refractivity contribution in [1.82, 2.24) is 25.1 Å². The Morgan fingerprint density at radius 1 is 1.05 bits per heavy atom. The quantitative estimate of drug-likeness (QED) is 0.437. The van der Waals surface area contributed by atoms with E-state index in [0.29, 0.717) is 25.4 Å². The maximum absolute atomic E-state index is 14.0. The molecule has 40 heavy (non-hydrogen) atoms. The van der Waals surface area contributed by atoms with Gasteiger partial charge in [-0.3, -0.25) is 9.59 Å². The second-order valence-corrected chi connectivity index (χ2v) is 10.7. The molecule has 0 aliphatic carbocycles. The van der Waals surface area contributed by atoms with E-state index < -0.39 is 12.2 Å². The molecule has 3 atom stereocenters. The molecule has 2 heterocycles. The molecule has 4 rings (SSSR count). The van der Waals surface area contributed by atoms with E-state index in [4.69, 9.17) is 6.42 Å². The molecule has 2 aromatic rings. The summed E-state index contributed by atoms with van der Waals surface area (Å²) in [5, 5.41) is 6.22. The molecule has 0 spiro atoms. The van der Waals surface area contributed by atoms with Crippen molar-refractivity contribution in [1.29, 1.82) is 0 Å². The van der Waals surface area contributed by atoms with E-state index in [1.807, 2.05) is 65.6 Å². The molecule has 0 aromatic heterocycles. The third kappa shape index (κ3) is 6.83. The smallest absolute Gasteiger partial charge is 0.334 e. The zero-order valence-electron chi connectivity index (χ0n) is 23.7. The number of rotatable bonds is 11. The van der Waals surface area contributed by atoms with Gasteiger partial charge in [0, 0.05) is 19.5 Å². The first kappa shape index (κ1) is 29.2. The average molecular weight is 544 g/mol. The number of fused-ring (bicyclic) bond motifs is 1. The van der Waals surface area contributed by atoms with Crippen molar-refractivity contribution >= 4 is 17.8 Å². The summed E-state index contributed by atoms with van der Waals surface area (Å²) in [6, 6.07) is 18.4. The first-order valence-corrected chi connectivity index (χ1v) is 14.4. The molecule has 1 unspecified atom stereocenters. The van der Waals surface area contributed by atoms with Gasteiger partial charge in [-0.15, -0.1) is 6.42 Å². The molecule has 2 aliphatic heterocycles. The summed E-state index contributed by atoms with van der Waals surface area (Å²) in [4.78, 5) is 44.9. The van der Waals surface area contributed by atoms with E-state index in [0.717, 1.165) is 36.8 Å². The zero-order chi connectivity index (χ0) is 28.5. The van der Waals surface area contributed by atoms with E-state index in [2.05, 4.69) is 25.1 Å². The van der Waals surface area contributed by atoms with Crippen molar-refractivity contribution in [2.24, 2.45) is 5.92 Å². The molecule has 2 saturated heterocycles. The molecule has 4 amide bonds. The topological polar surface area (TPSA) is 76.2 Å². The first-order chi connectivity index (χ1) is 19.5. The number of piperazine rings is 1. The number of terminal acetylenes is 1. The molecule has 2 aromatic carbocycles. The number of hydrogen-bond acceptors (Lipinski definition) is 4. The van der Waals surface area contributed by atoms with Crippen molar-refractivity contribution in [3.05, 3.63) is 71.8 Å². The number of nitrogens with zero attached hydrogens (tertiary/aromatic N) is 4. The van der Waals surface area contributed by atoms with Gasteiger partial charge >= 0.3 is 6.03 Å². The van der Waals surface area contributed by atoms with Crippen molar-refractivity contribution in [3.63, 3.8) is 0 Å². The van der Waals surface area contributed by atoms with Crippen LogP contribution in [-0.4, -0.2) is 76.0 Å². The van der Waals surface area contributed by atoms with E-state index in [1.165, 1.54) is 0 Å². The molecule has 8 nitrogen and oxygen atoms in total. The lowest BCUT2D eigenvalue weighted by Crippen LogP contribution is -2.76. The normalized spacial score (nSPS) is 20.2. The van der Waals surface area contributed by atoms with Crippen molar-refractivity contribution in [2.75, 3.05) is 26.2 Å². The second kappa shape index (κ2) is 14.0. The molecule has 0 saturated carbocycles. The summed E-state index contributed by atoms with van der Waals surface area (Å²) in [6.07, 6.45) is 9.61. The predicted octanol–water partition coefficient (Wildman–Crippen LogP) is 3.89. The number of urea groups is 1. The van der Waals surface area contributed by atoms with Crippen molar-refractivity contribution < 1.29 is 14.4 Å². The summed E-state index contributed by atoms with van der Waals surface area (Å²) in [5.41, 5.74) is 1.94. The molecule has 2 aliphatic rings. The fraction of sp³-hybridized carbons (Fsp3) is 0.469. The number of hydrogen-bond donors (Lipinski definition) is 1. The molecule has 0 radical (unpaired) electrons. The lowest BCUT2D eigenvalue weighted by Gasteiger charge is -2.55. The minimum Gasteiger partial charge on any atom is -0.337 e. The average Bonchev–Trinajstić information content (AvgIpc) is 2.97. The Balaban J connectivity index is 1.66. The maximum Gasteiger partial charge on any atom is 0.334 e. The van der Waals surface area contributed by atoms with Gasteiger partial charge in [0.05, 0.1) is 19.6 Å². The highest BCUT2D eigenvalue weighted by atomic mass is 16.2. The standard InChI is InChI=1S/C32H41N5O3/c1-4-7-14-25(6-3)22-34-23-29-36(28(31(34)39)20-26-15-10-8-11-16-26)30(38)24-35(19-5-2)37(29)32(40)33-21-27-17-12-9-13-18-27/h2,8-13,15-18,25,28-29H,4,6-7,14,19-24H2,1,3H3,(H,33,40)/t25?,28-,29-/m0/s1. The van der Waals surface area contributed by atoms with Gasteiger partial charge in [0.1, 0.15) is 12.2 Å². The van der Waals surface area contributed by atoms with Crippen LogP contribution in [0.5, 0.6) is 0 Å². The number of amides is 4. The molecule has 1 N–H and O–H groups in total. The summed E-state index contributed by atoms with van der Waals surface area (Å²) >= 11 is 0. The van der Waals surface area contributed by atoms with E-state index in [9.17, 15) is 14.4 Å². The number of carbonyl (C=O) groups is 3. The summed E-state index contributed by atoms with van der Waals surface area (Å²) < 4.78 is 0. The Hall–Kier alpha value is -3.83. The SMILES string of the molecule is C#CCN1CC(=O)N2[C@@H](Cc3ccccc3)C(=O)N(CC(CC)CCCC)C[C@@H]2N1C(=O)NCc1ccccc1. The van der Waals surface area contributed by atoms with Crippen LogP contribution in [0.3, 0.4) is 0 Å². The van der Waals surface area contributed by atoms with Crippen LogP contribution in [-0.2, 0) is 22.6 Å². The van der Waals surface area contributed by atoms with Gasteiger partial charge in [-0.25, -0.2) is 9.80 Å². The van der Waals surface area contributed by atoms with Crippen LogP contribution in [0.1, 0.15) is 50.7 Å². The van der Waals surface area contributed by atoms with Crippen molar-refractivity contribution in [2.45, 2.75) is 64.7 Å². The minimum absolute atomic E-state index is 0.0570. The van der Waals surface area contributed by atoms with Gasteiger partial charge in [-0.05, 0) is 23.5 Å². The third-order valence-corrected chi connectivity index (χ3v) is 7.89. The Kier molecular flexibility index (Phi) is 10.2. The van der Waals surface area contributed by atoms with Gasteiger partial charge in [0.2, 0.25) is 11.8 Å². The summed E-state index contributed by atoms with van der Waals surface area (Å²) in [7, 11) is 0. The highest BCUT2D eigenvalue weighted by molar-refractivity contribution is 5.91. The molecule has 2 fully saturated rings. The largest absolute Gasteiger partial charge is 0.337 e. The second-order valence-electron chi connectivity index (χ2n) is 10.7.